The van der Waals surface area contributed by atoms with Gasteiger partial charge in [0.15, 0.2) is 0 Å². The summed E-state index contributed by atoms with van der Waals surface area (Å²) in [7, 11) is 0. The quantitative estimate of drug-likeness (QED) is 0.818. The molecule has 2 aromatic rings. The van der Waals surface area contributed by atoms with Crippen LogP contribution in [0.1, 0.15) is 30.3 Å². The first-order valence-electron chi connectivity index (χ1n) is 6.97. The van der Waals surface area contributed by atoms with Gasteiger partial charge in [0.1, 0.15) is 5.75 Å². The SMILES string of the molecule is CCCNCc1ccc(Oc2ccc(C)nc2)nc1C. The standard InChI is InChI=1S/C16H21N3O/c1-4-9-17-10-14-6-8-16(19-13(14)3)20-15-7-5-12(2)18-11-15/h5-8,11,17H,4,9-10H2,1-3H3. The molecule has 0 saturated carbocycles. The predicted molar refractivity (Wildman–Crippen MR) is 80.0 cm³/mol. The molecule has 0 aliphatic heterocycles. The van der Waals surface area contributed by atoms with E-state index in [1.54, 1.807) is 6.20 Å². The van der Waals surface area contributed by atoms with E-state index in [-0.39, 0.29) is 0 Å². The van der Waals surface area contributed by atoms with Crippen LogP contribution in [0.25, 0.3) is 0 Å². The molecule has 0 radical (unpaired) electrons. The molecule has 0 unspecified atom stereocenters. The lowest BCUT2D eigenvalue weighted by molar-refractivity contribution is 0.458. The molecule has 0 amide bonds. The van der Waals surface area contributed by atoms with Crippen LogP contribution in [0.2, 0.25) is 0 Å². The Labute approximate surface area is 120 Å². The van der Waals surface area contributed by atoms with Crippen molar-refractivity contribution in [3.63, 3.8) is 0 Å². The van der Waals surface area contributed by atoms with Gasteiger partial charge in [0, 0.05) is 24.0 Å². The summed E-state index contributed by atoms with van der Waals surface area (Å²) >= 11 is 0. The number of nitrogens with zero attached hydrogens (tertiary/aromatic N) is 2. The summed E-state index contributed by atoms with van der Waals surface area (Å²) in [6, 6.07) is 7.78. The van der Waals surface area contributed by atoms with Crippen molar-refractivity contribution >= 4 is 0 Å². The largest absolute Gasteiger partial charge is 0.437 e. The highest BCUT2D eigenvalue weighted by atomic mass is 16.5. The molecule has 4 nitrogen and oxygen atoms in total. The minimum absolute atomic E-state index is 0.604. The lowest BCUT2D eigenvalue weighted by Gasteiger charge is -2.09. The first-order chi connectivity index (χ1) is 9.69. The van der Waals surface area contributed by atoms with E-state index in [2.05, 4.69) is 28.3 Å². The van der Waals surface area contributed by atoms with Gasteiger partial charge in [-0.2, -0.15) is 0 Å². The number of hydrogen-bond donors (Lipinski definition) is 1. The van der Waals surface area contributed by atoms with Crippen LogP contribution in [-0.4, -0.2) is 16.5 Å². The zero-order valence-corrected chi connectivity index (χ0v) is 12.3. The van der Waals surface area contributed by atoms with Crippen LogP contribution in [0, 0.1) is 13.8 Å². The lowest BCUT2D eigenvalue weighted by Crippen LogP contribution is -2.15. The molecule has 2 rings (SSSR count). The van der Waals surface area contributed by atoms with E-state index in [9.17, 15) is 0 Å². The molecule has 1 N–H and O–H groups in total. The molecule has 0 aliphatic carbocycles. The number of rotatable bonds is 6. The highest BCUT2D eigenvalue weighted by Gasteiger charge is 2.04. The topological polar surface area (TPSA) is 47.0 Å². The highest BCUT2D eigenvalue weighted by Crippen LogP contribution is 2.20. The zero-order chi connectivity index (χ0) is 14.4. The fraction of sp³-hybridized carbons (Fsp3) is 0.375. The molecule has 0 fully saturated rings. The summed E-state index contributed by atoms with van der Waals surface area (Å²) in [5, 5.41) is 3.38. The maximum atomic E-state index is 5.70. The first-order valence-corrected chi connectivity index (χ1v) is 6.97. The first kappa shape index (κ1) is 14.5. The Kier molecular flexibility index (Phi) is 5.07. The summed E-state index contributed by atoms with van der Waals surface area (Å²) in [6.07, 6.45) is 2.84. The molecule has 106 valence electrons. The maximum Gasteiger partial charge on any atom is 0.219 e. The Hall–Kier alpha value is -1.94. The van der Waals surface area contributed by atoms with Crippen molar-refractivity contribution in [2.24, 2.45) is 0 Å². The van der Waals surface area contributed by atoms with Gasteiger partial charge in [0.05, 0.1) is 6.20 Å². The van der Waals surface area contributed by atoms with Gasteiger partial charge < -0.3 is 10.1 Å². The molecule has 0 spiro atoms. The third-order valence-electron chi connectivity index (χ3n) is 3.02. The zero-order valence-electron chi connectivity index (χ0n) is 12.3. The van der Waals surface area contributed by atoms with Crippen LogP contribution in [0.15, 0.2) is 30.5 Å². The Balaban J connectivity index is 2.03. The Bertz CT molecular complexity index is 552. The second-order valence-electron chi connectivity index (χ2n) is 4.81. The molecule has 0 aromatic carbocycles. The molecular weight excluding hydrogens is 250 g/mol. The van der Waals surface area contributed by atoms with Crippen molar-refractivity contribution < 1.29 is 4.74 Å². The van der Waals surface area contributed by atoms with E-state index in [1.165, 1.54) is 5.56 Å². The minimum atomic E-state index is 0.604. The number of ether oxygens (including phenoxy) is 1. The molecule has 0 bridgehead atoms. The fourth-order valence-electron chi connectivity index (χ4n) is 1.85. The van der Waals surface area contributed by atoms with Crippen LogP contribution in [-0.2, 0) is 6.54 Å². The summed E-state index contributed by atoms with van der Waals surface area (Å²) < 4.78 is 5.70. The second kappa shape index (κ2) is 7.01. The lowest BCUT2D eigenvalue weighted by atomic mass is 10.2. The van der Waals surface area contributed by atoms with Crippen LogP contribution >= 0.6 is 0 Å². The molecule has 0 aliphatic rings. The summed E-state index contributed by atoms with van der Waals surface area (Å²) in [6.45, 7) is 7.98. The third kappa shape index (κ3) is 4.03. The second-order valence-corrected chi connectivity index (χ2v) is 4.81. The highest BCUT2D eigenvalue weighted by molar-refractivity contribution is 5.29. The number of aromatic nitrogens is 2. The fourth-order valence-corrected chi connectivity index (χ4v) is 1.85. The van der Waals surface area contributed by atoms with Gasteiger partial charge in [-0.3, -0.25) is 4.98 Å². The van der Waals surface area contributed by atoms with Crippen LogP contribution in [0.5, 0.6) is 11.6 Å². The molecular formula is C16H21N3O. The molecule has 0 saturated heterocycles. The van der Waals surface area contributed by atoms with Crippen molar-refractivity contribution in [1.82, 2.24) is 15.3 Å². The van der Waals surface area contributed by atoms with E-state index in [0.717, 1.165) is 30.9 Å². The van der Waals surface area contributed by atoms with Crippen molar-refractivity contribution in [3.05, 3.63) is 47.4 Å². The molecule has 2 heterocycles. The maximum absolute atomic E-state index is 5.70. The Morgan fingerprint density at radius 3 is 2.65 bits per heavy atom. The molecule has 0 atom stereocenters. The van der Waals surface area contributed by atoms with Gasteiger partial charge in [0.2, 0.25) is 5.88 Å². The van der Waals surface area contributed by atoms with Crippen LogP contribution in [0.4, 0.5) is 0 Å². The van der Waals surface area contributed by atoms with Gasteiger partial charge in [-0.25, -0.2) is 4.98 Å². The van der Waals surface area contributed by atoms with E-state index in [4.69, 9.17) is 4.74 Å². The van der Waals surface area contributed by atoms with Crippen molar-refractivity contribution in [2.75, 3.05) is 6.54 Å². The van der Waals surface area contributed by atoms with Gasteiger partial charge in [0.25, 0.3) is 0 Å². The smallest absolute Gasteiger partial charge is 0.219 e. The monoisotopic (exact) mass is 271 g/mol. The van der Waals surface area contributed by atoms with Crippen LogP contribution in [0.3, 0.4) is 0 Å². The summed E-state index contributed by atoms with van der Waals surface area (Å²) in [5.41, 5.74) is 3.16. The molecule has 4 heteroatoms. The van der Waals surface area contributed by atoms with Crippen molar-refractivity contribution in [1.29, 1.82) is 0 Å². The normalized spacial score (nSPS) is 10.6. The van der Waals surface area contributed by atoms with Gasteiger partial charge in [-0.05, 0) is 44.5 Å². The number of nitrogens with one attached hydrogen (secondary N) is 1. The van der Waals surface area contributed by atoms with Gasteiger partial charge >= 0.3 is 0 Å². The van der Waals surface area contributed by atoms with Gasteiger partial charge in [-0.1, -0.05) is 13.0 Å². The number of hydrogen-bond acceptors (Lipinski definition) is 4. The van der Waals surface area contributed by atoms with E-state index in [1.807, 2.05) is 32.0 Å². The van der Waals surface area contributed by atoms with E-state index in [0.29, 0.717) is 11.6 Å². The van der Waals surface area contributed by atoms with Crippen molar-refractivity contribution in [3.8, 4) is 11.6 Å². The van der Waals surface area contributed by atoms with Gasteiger partial charge in [-0.15, -0.1) is 0 Å². The van der Waals surface area contributed by atoms with Crippen LogP contribution < -0.4 is 10.1 Å². The summed E-state index contributed by atoms with van der Waals surface area (Å²) in [4.78, 5) is 8.68. The number of pyridine rings is 2. The predicted octanol–water partition coefficient (Wildman–Crippen LogP) is 3.39. The molecule has 20 heavy (non-hydrogen) atoms. The molecule has 2 aromatic heterocycles. The van der Waals surface area contributed by atoms with Crippen molar-refractivity contribution in [2.45, 2.75) is 33.7 Å². The van der Waals surface area contributed by atoms with E-state index < -0.39 is 0 Å². The third-order valence-corrected chi connectivity index (χ3v) is 3.02. The average Bonchev–Trinajstić information content (AvgIpc) is 2.44. The van der Waals surface area contributed by atoms with E-state index >= 15 is 0 Å². The minimum Gasteiger partial charge on any atom is -0.437 e. The Morgan fingerprint density at radius 1 is 1.15 bits per heavy atom. The summed E-state index contributed by atoms with van der Waals surface area (Å²) in [5.74, 6) is 1.31. The average molecular weight is 271 g/mol. The Morgan fingerprint density at radius 2 is 2.00 bits per heavy atom. The number of aryl methyl sites for hydroxylation is 2.